The molecule has 16 heavy (non-hydrogen) atoms. The van der Waals surface area contributed by atoms with Crippen molar-refractivity contribution in [1.29, 1.82) is 0 Å². The number of rotatable bonds is 2. The summed E-state index contributed by atoms with van der Waals surface area (Å²) in [7, 11) is 0. The van der Waals surface area contributed by atoms with Gasteiger partial charge in [-0.25, -0.2) is 0 Å². The summed E-state index contributed by atoms with van der Waals surface area (Å²) in [4.78, 5) is 0. The van der Waals surface area contributed by atoms with Gasteiger partial charge in [0.15, 0.2) is 0 Å². The van der Waals surface area contributed by atoms with Gasteiger partial charge in [-0.05, 0) is 53.6 Å². The van der Waals surface area contributed by atoms with E-state index in [1.165, 1.54) is 12.8 Å². The summed E-state index contributed by atoms with van der Waals surface area (Å²) in [6.07, 6.45) is 2.33. The molecule has 0 aliphatic heterocycles. The molecule has 0 bridgehead atoms. The lowest BCUT2D eigenvalue weighted by Crippen LogP contribution is -1.82. The Morgan fingerprint density at radius 1 is 1.31 bits per heavy atom. The molecule has 0 unspecified atom stereocenters. The number of hydrogen-bond acceptors (Lipinski definition) is 3. The highest BCUT2D eigenvalue weighted by atomic mass is 127. The van der Waals surface area contributed by atoms with Crippen molar-refractivity contribution in [1.82, 2.24) is 10.2 Å². The Bertz CT molecular complexity index is 537. The van der Waals surface area contributed by atoms with E-state index < -0.39 is 0 Å². The molecule has 1 saturated carbocycles. The maximum absolute atomic E-state index is 5.90. The van der Waals surface area contributed by atoms with Crippen LogP contribution in [0.25, 0.3) is 11.5 Å². The van der Waals surface area contributed by atoms with E-state index in [9.17, 15) is 0 Å². The van der Waals surface area contributed by atoms with E-state index in [-0.39, 0.29) is 0 Å². The summed E-state index contributed by atoms with van der Waals surface area (Å²) in [5, 5.41) is 8.86. The van der Waals surface area contributed by atoms with E-state index in [0.717, 1.165) is 20.0 Å². The zero-order valence-corrected chi connectivity index (χ0v) is 11.2. The first kappa shape index (κ1) is 10.5. The molecule has 0 saturated heterocycles. The summed E-state index contributed by atoms with van der Waals surface area (Å²) in [6, 6.07) is 5.63. The SMILES string of the molecule is Clc1ccc(-c2nnc(C3CC3)o2)c(I)c1. The summed E-state index contributed by atoms with van der Waals surface area (Å²) < 4.78 is 6.67. The van der Waals surface area contributed by atoms with Crippen LogP contribution in [-0.2, 0) is 0 Å². The van der Waals surface area contributed by atoms with Crippen LogP contribution in [0.15, 0.2) is 22.6 Å². The van der Waals surface area contributed by atoms with E-state index in [1.54, 1.807) is 0 Å². The molecule has 5 heteroatoms. The first-order valence-corrected chi connectivity index (χ1v) is 6.48. The molecule has 1 heterocycles. The standard InChI is InChI=1S/C11H8ClIN2O/c12-7-3-4-8(9(13)5-7)11-15-14-10(16-11)6-1-2-6/h3-6H,1-2H2. The van der Waals surface area contributed by atoms with Crippen molar-refractivity contribution in [2.75, 3.05) is 0 Å². The Morgan fingerprint density at radius 3 is 2.81 bits per heavy atom. The fourth-order valence-corrected chi connectivity index (χ4v) is 2.60. The molecule has 1 aliphatic rings. The van der Waals surface area contributed by atoms with E-state index in [4.69, 9.17) is 16.0 Å². The average Bonchev–Trinajstić information content (AvgIpc) is 2.98. The van der Waals surface area contributed by atoms with Crippen LogP contribution in [0.4, 0.5) is 0 Å². The van der Waals surface area contributed by atoms with E-state index in [1.807, 2.05) is 18.2 Å². The van der Waals surface area contributed by atoms with E-state index in [2.05, 4.69) is 32.8 Å². The molecule has 3 rings (SSSR count). The molecule has 1 aliphatic carbocycles. The van der Waals surface area contributed by atoms with Crippen LogP contribution in [-0.4, -0.2) is 10.2 Å². The number of nitrogens with zero attached hydrogens (tertiary/aromatic N) is 2. The van der Waals surface area contributed by atoms with Crippen LogP contribution >= 0.6 is 34.2 Å². The Morgan fingerprint density at radius 2 is 2.12 bits per heavy atom. The normalized spacial score (nSPS) is 15.4. The minimum atomic E-state index is 0.492. The lowest BCUT2D eigenvalue weighted by Gasteiger charge is -1.99. The second kappa shape index (κ2) is 4.00. The van der Waals surface area contributed by atoms with E-state index in [0.29, 0.717) is 11.8 Å². The Balaban J connectivity index is 2.00. The largest absolute Gasteiger partial charge is 0.420 e. The third kappa shape index (κ3) is 1.96. The highest BCUT2D eigenvalue weighted by Gasteiger charge is 2.29. The second-order valence-corrected chi connectivity index (χ2v) is 5.44. The Hall–Kier alpha value is -0.620. The molecule has 3 nitrogen and oxygen atoms in total. The number of benzene rings is 1. The van der Waals surface area contributed by atoms with Crippen LogP contribution < -0.4 is 0 Å². The predicted octanol–water partition coefficient (Wildman–Crippen LogP) is 3.87. The van der Waals surface area contributed by atoms with Gasteiger partial charge in [-0.1, -0.05) is 11.6 Å². The Kier molecular flexibility index (Phi) is 2.63. The van der Waals surface area contributed by atoms with Crippen molar-refractivity contribution < 1.29 is 4.42 Å². The molecule has 0 spiro atoms. The number of halogens is 2. The van der Waals surface area contributed by atoms with Gasteiger partial charge in [-0.15, -0.1) is 10.2 Å². The van der Waals surface area contributed by atoms with Crippen LogP contribution in [0.2, 0.25) is 5.02 Å². The van der Waals surface area contributed by atoms with Crippen molar-refractivity contribution in [3.05, 3.63) is 32.7 Å². The molecular weight excluding hydrogens is 338 g/mol. The molecule has 82 valence electrons. The highest BCUT2D eigenvalue weighted by molar-refractivity contribution is 14.1. The first-order valence-electron chi connectivity index (χ1n) is 5.03. The van der Waals surface area contributed by atoms with Gasteiger partial charge in [0.25, 0.3) is 0 Å². The predicted molar refractivity (Wildman–Crippen MR) is 69.4 cm³/mol. The fraction of sp³-hybridized carbons (Fsp3) is 0.273. The second-order valence-electron chi connectivity index (χ2n) is 3.84. The lowest BCUT2D eigenvalue weighted by atomic mass is 10.2. The van der Waals surface area contributed by atoms with Gasteiger partial charge in [-0.2, -0.15) is 0 Å². The monoisotopic (exact) mass is 346 g/mol. The maximum atomic E-state index is 5.90. The topological polar surface area (TPSA) is 38.9 Å². The molecule has 0 radical (unpaired) electrons. The quantitative estimate of drug-likeness (QED) is 0.775. The minimum absolute atomic E-state index is 0.492. The smallest absolute Gasteiger partial charge is 0.248 e. The van der Waals surface area contributed by atoms with Gasteiger partial charge in [0, 0.05) is 14.5 Å². The third-order valence-electron chi connectivity index (χ3n) is 2.53. The van der Waals surface area contributed by atoms with Crippen molar-refractivity contribution in [2.45, 2.75) is 18.8 Å². The van der Waals surface area contributed by atoms with Crippen LogP contribution in [0, 0.1) is 3.57 Å². The fourth-order valence-electron chi connectivity index (χ4n) is 1.50. The van der Waals surface area contributed by atoms with Gasteiger partial charge in [0.2, 0.25) is 11.8 Å². The van der Waals surface area contributed by atoms with Gasteiger partial charge >= 0.3 is 0 Å². The molecule has 2 aromatic rings. The molecule has 1 fully saturated rings. The lowest BCUT2D eigenvalue weighted by molar-refractivity contribution is 0.508. The van der Waals surface area contributed by atoms with Crippen molar-refractivity contribution in [2.24, 2.45) is 0 Å². The van der Waals surface area contributed by atoms with Gasteiger partial charge < -0.3 is 4.42 Å². The molecule has 0 amide bonds. The highest BCUT2D eigenvalue weighted by Crippen LogP contribution is 2.40. The van der Waals surface area contributed by atoms with Crippen LogP contribution in [0.5, 0.6) is 0 Å². The van der Waals surface area contributed by atoms with Gasteiger partial charge in [0.1, 0.15) is 0 Å². The zero-order valence-electron chi connectivity index (χ0n) is 8.28. The maximum Gasteiger partial charge on any atom is 0.248 e. The Labute approximate surface area is 111 Å². The molecule has 0 N–H and O–H groups in total. The van der Waals surface area contributed by atoms with E-state index >= 15 is 0 Å². The summed E-state index contributed by atoms with van der Waals surface area (Å²) in [6.45, 7) is 0. The molecular formula is C11H8ClIN2O. The van der Waals surface area contributed by atoms with Crippen LogP contribution in [0.1, 0.15) is 24.7 Å². The summed E-state index contributed by atoms with van der Waals surface area (Å²) in [5.74, 6) is 1.84. The molecule has 1 aromatic carbocycles. The molecule has 1 aromatic heterocycles. The summed E-state index contributed by atoms with van der Waals surface area (Å²) in [5.41, 5.74) is 0.949. The van der Waals surface area contributed by atoms with Gasteiger partial charge in [0.05, 0.1) is 5.56 Å². The average molecular weight is 347 g/mol. The number of hydrogen-bond donors (Lipinski definition) is 0. The van der Waals surface area contributed by atoms with Crippen LogP contribution in [0.3, 0.4) is 0 Å². The minimum Gasteiger partial charge on any atom is -0.420 e. The third-order valence-corrected chi connectivity index (χ3v) is 3.66. The first-order chi connectivity index (χ1) is 7.74. The van der Waals surface area contributed by atoms with Crippen molar-refractivity contribution in [3.8, 4) is 11.5 Å². The zero-order chi connectivity index (χ0) is 11.1. The van der Waals surface area contributed by atoms with Crippen molar-refractivity contribution in [3.63, 3.8) is 0 Å². The molecule has 0 atom stereocenters. The van der Waals surface area contributed by atoms with Crippen molar-refractivity contribution >= 4 is 34.2 Å². The number of aromatic nitrogens is 2. The summed E-state index contributed by atoms with van der Waals surface area (Å²) >= 11 is 8.12. The van der Waals surface area contributed by atoms with Gasteiger partial charge in [-0.3, -0.25) is 0 Å².